The molecule has 0 saturated heterocycles. The number of phenolic OH excluding ortho intramolecular Hbond substituents is 1. The number of fused-ring (bicyclic) bond motifs is 1. The number of rotatable bonds is 5. The number of para-hydroxylation sites is 3. The number of aromatic nitrogens is 3. The van der Waals surface area contributed by atoms with Crippen LogP contribution in [0, 0.1) is 22.7 Å². The van der Waals surface area contributed by atoms with Crippen molar-refractivity contribution in [2.75, 3.05) is 0 Å². The van der Waals surface area contributed by atoms with Crippen molar-refractivity contribution in [3.63, 3.8) is 0 Å². The number of pyridine rings is 1. The lowest BCUT2D eigenvalue weighted by molar-refractivity contribution is 0.477. The summed E-state index contributed by atoms with van der Waals surface area (Å²) in [5.41, 5.74) is 1.11. The highest BCUT2D eigenvalue weighted by Gasteiger charge is 2.25. The standard InChI is InChI=1S/C29H18ClN7O2/c1-17(27-34-23-11-5-6-12-24(23)35-27)36-37-28(33-16-18-8-2-4-10-22(18)30)20(14-31)26(21(15-32)29(37)39)19-9-3-7-13-25(19)38/h2-13,16,38H,1H3,(H,34,35)/b33-16?,36-17+. The molecule has 0 atom stereocenters. The van der Waals surface area contributed by atoms with Crippen molar-refractivity contribution in [3.05, 3.63) is 111 Å². The topological polar surface area (TPSA) is 143 Å². The van der Waals surface area contributed by atoms with E-state index in [1.54, 1.807) is 43.3 Å². The van der Waals surface area contributed by atoms with Gasteiger partial charge in [0.1, 0.15) is 34.7 Å². The number of benzene rings is 3. The lowest BCUT2D eigenvalue weighted by Gasteiger charge is -2.14. The first kappa shape index (κ1) is 25.2. The van der Waals surface area contributed by atoms with E-state index >= 15 is 0 Å². The maximum atomic E-state index is 13.7. The second-order valence-electron chi connectivity index (χ2n) is 8.37. The minimum absolute atomic E-state index is 0.0396. The molecule has 0 aliphatic carbocycles. The highest BCUT2D eigenvalue weighted by molar-refractivity contribution is 6.33. The number of H-pyrrole nitrogens is 1. The zero-order valence-electron chi connectivity index (χ0n) is 20.4. The van der Waals surface area contributed by atoms with Crippen LogP contribution in [-0.4, -0.2) is 31.7 Å². The van der Waals surface area contributed by atoms with Crippen molar-refractivity contribution in [1.82, 2.24) is 14.6 Å². The van der Waals surface area contributed by atoms with Gasteiger partial charge in [-0.25, -0.2) is 9.98 Å². The van der Waals surface area contributed by atoms with Gasteiger partial charge in [0.15, 0.2) is 11.6 Å². The van der Waals surface area contributed by atoms with Crippen molar-refractivity contribution in [1.29, 1.82) is 10.5 Å². The van der Waals surface area contributed by atoms with Gasteiger partial charge in [-0.2, -0.15) is 20.3 Å². The third kappa shape index (κ3) is 4.66. The van der Waals surface area contributed by atoms with Gasteiger partial charge >= 0.3 is 0 Å². The number of phenols is 1. The highest BCUT2D eigenvalue weighted by atomic mass is 35.5. The van der Waals surface area contributed by atoms with E-state index in [9.17, 15) is 20.4 Å². The lowest BCUT2D eigenvalue weighted by Crippen LogP contribution is -2.23. The predicted octanol–water partition coefficient (Wildman–Crippen LogP) is 5.52. The molecule has 0 radical (unpaired) electrons. The summed E-state index contributed by atoms with van der Waals surface area (Å²) >= 11 is 6.29. The largest absolute Gasteiger partial charge is 0.507 e. The maximum absolute atomic E-state index is 13.7. The van der Waals surface area contributed by atoms with Crippen LogP contribution in [0.5, 0.6) is 5.75 Å². The van der Waals surface area contributed by atoms with E-state index in [0.29, 0.717) is 27.6 Å². The van der Waals surface area contributed by atoms with Gasteiger partial charge in [-0.3, -0.25) is 4.79 Å². The van der Waals surface area contributed by atoms with Crippen LogP contribution in [0.3, 0.4) is 0 Å². The minimum atomic E-state index is -0.823. The summed E-state index contributed by atoms with van der Waals surface area (Å²) in [6.07, 6.45) is 1.40. The number of aromatic amines is 1. The average molecular weight is 532 g/mol. The molecular formula is C29H18ClN7O2. The van der Waals surface area contributed by atoms with E-state index < -0.39 is 5.56 Å². The highest BCUT2D eigenvalue weighted by Crippen LogP contribution is 2.36. The molecule has 0 fully saturated rings. The molecule has 5 rings (SSSR count). The quantitative estimate of drug-likeness (QED) is 0.287. The van der Waals surface area contributed by atoms with Crippen LogP contribution in [0.1, 0.15) is 29.4 Å². The molecule has 2 aromatic heterocycles. The Kier molecular flexibility index (Phi) is 6.75. The summed E-state index contributed by atoms with van der Waals surface area (Å²) in [5.74, 6) is 0.0479. The van der Waals surface area contributed by atoms with E-state index in [1.807, 2.05) is 30.3 Å². The molecule has 0 aliphatic heterocycles. The number of nitrogens with one attached hydrogen (secondary N) is 1. The molecule has 0 unspecified atom stereocenters. The second kappa shape index (κ2) is 10.5. The summed E-state index contributed by atoms with van der Waals surface area (Å²) < 4.78 is 0.899. The summed E-state index contributed by atoms with van der Waals surface area (Å²) in [4.78, 5) is 25.8. The van der Waals surface area contributed by atoms with Gasteiger partial charge in [0, 0.05) is 27.9 Å². The van der Waals surface area contributed by atoms with Crippen LogP contribution in [0.4, 0.5) is 5.82 Å². The average Bonchev–Trinajstić information content (AvgIpc) is 3.39. The molecule has 0 saturated carbocycles. The number of hydrogen-bond donors (Lipinski definition) is 2. The van der Waals surface area contributed by atoms with Crippen LogP contribution in [0.15, 0.2) is 87.7 Å². The number of nitriles is 2. The Bertz CT molecular complexity index is 1920. The van der Waals surface area contributed by atoms with Crippen LogP contribution in [0.2, 0.25) is 5.02 Å². The molecule has 2 heterocycles. The molecule has 10 heteroatoms. The van der Waals surface area contributed by atoms with Gasteiger partial charge in [0.2, 0.25) is 0 Å². The Morgan fingerprint density at radius 3 is 2.44 bits per heavy atom. The van der Waals surface area contributed by atoms with Gasteiger partial charge in [0.25, 0.3) is 5.56 Å². The number of aliphatic imine (C=N–C) groups is 1. The molecule has 5 aromatic rings. The number of halogens is 1. The SMILES string of the molecule is C/C(=N\n1c(N=Cc2ccccc2Cl)c(C#N)c(-c2ccccc2O)c(C#N)c1=O)c1nc2ccccc2[nH]1. The van der Waals surface area contributed by atoms with Crippen molar-refractivity contribution in [2.45, 2.75) is 6.92 Å². The van der Waals surface area contributed by atoms with Crippen molar-refractivity contribution in [3.8, 4) is 29.0 Å². The molecule has 0 bridgehead atoms. The second-order valence-corrected chi connectivity index (χ2v) is 8.78. The van der Waals surface area contributed by atoms with E-state index in [-0.39, 0.29) is 33.8 Å². The molecule has 3 aromatic carbocycles. The first-order valence-corrected chi connectivity index (χ1v) is 12.0. The van der Waals surface area contributed by atoms with Gasteiger partial charge in [0.05, 0.1) is 11.0 Å². The van der Waals surface area contributed by atoms with Gasteiger partial charge in [-0.15, -0.1) is 0 Å². The number of imidazole rings is 1. The molecule has 188 valence electrons. The Balaban J connectivity index is 1.82. The smallest absolute Gasteiger partial charge is 0.291 e. The summed E-state index contributed by atoms with van der Waals surface area (Å²) in [7, 11) is 0. The molecule has 0 spiro atoms. The molecule has 0 aliphatic rings. The Morgan fingerprint density at radius 2 is 1.72 bits per heavy atom. The monoisotopic (exact) mass is 531 g/mol. The van der Waals surface area contributed by atoms with Gasteiger partial charge in [-0.1, -0.05) is 60.1 Å². The van der Waals surface area contributed by atoms with Gasteiger partial charge < -0.3 is 10.1 Å². The van der Waals surface area contributed by atoms with Crippen molar-refractivity contribution in [2.24, 2.45) is 10.1 Å². The predicted molar refractivity (Wildman–Crippen MR) is 150 cm³/mol. The molecular weight excluding hydrogens is 514 g/mol. The Hall–Kier alpha value is -5.51. The lowest BCUT2D eigenvalue weighted by atomic mass is 9.96. The van der Waals surface area contributed by atoms with E-state index in [2.05, 4.69) is 26.1 Å². The molecule has 0 amide bonds. The van der Waals surface area contributed by atoms with E-state index in [4.69, 9.17) is 11.6 Å². The van der Waals surface area contributed by atoms with E-state index in [0.717, 1.165) is 10.2 Å². The number of nitrogens with zero attached hydrogens (tertiary/aromatic N) is 6. The normalized spacial score (nSPS) is 11.5. The molecule has 39 heavy (non-hydrogen) atoms. The molecule has 9 nitrogen and oxygen atoms in total. The zero-order chi connectivity index (χ0) is 27.5. The number of hydrogen-bond acceptors (Lipinski definition) is 7. The van der Waals surface area contributed by atoms with Crippen LogP contribution >= 0.6 is 11.6 Å². The Labute approximate surface area is 227 Å². The third-order valence-electron chi connectivity index (χ3n) is 5.94. The van der Waals surface area contributed by atoms with E-state index in [1.165, 1.54) is 18.3 Å². The first-order chi connectivity index (χ1) is 18.9. The first-order valence-electron chi connectivity index (χ1n) is 11.6. The summed E-state index contributed by atoms with van der Waals surface area (Å²) in [6, 6.07) is 24.4. The van der Waals surface area contributed by atoms with Crippen molar-refractivity contribution < 1.29 is 5.11 Å². The summed E-state index contributed by atoms with van der Waals surface area (Å²) in [5, 5.41) is 35.7. The fraction of sp³-hybridized carbons (Fsp3) is 0.0345. The minimum Gasteiger partial charge on any atom is -0.507 e. The zero-order valence-corrected chi connectivity index (χ0v) is 21.2. The summed E-state index contributed by atoms with van der Waals surface area (Å²) in [6.45, 7) is 1.64. The fourth-order valence-corrected chi connectivity index (χ4v) is 4.24. The van der Waals surface area contributed by atoms with Crippen molar-refractivity contribution >= 4 is 40.4 Å². The fourth-order valence-electron chi connectivity index (χ4n) is 4.06. The van der Waals surface area contributed by atoms with Crippen LogP contribution in [-0.2, 0) is 0 Å². The van der Waals surface area contributed by atoms with Gasteiger partial charge in [-0.05, 0) is 31.2 Å². The maximum Gasteiger partial charge on any atom is 0.291 e. The van der Waals surface area contributed by atoms with Crippen LogP contribution in [0.25, 0.3) is 22.2 Å². The third-order valence-corrected chi connectivity index (χ3v) is 6.28. The Morgan fingerprint density at radius 1 is 1.03 bits per heavy atom. The van der Waals surface area contributed by atoms with Crippen LogP contribution < -0.4 is 5.56 Å². The molecule has 2 N–H and O–H groups in total. The number of aromatic hydroxyl groups is 1.